The summed E-state index contributed by atoms with van der Waals surface area (Å²) in [5.41, 5.74) is 2.05. The molecule has 2 heterocycles. The molecule has 1 aliphatic rings. The maximum atomic E-state index is 12.9. The molecule has 0 bridgehead atoms. The Kier molecular flexibility index (Phi) is 6.30. The number of benzene rings is 3. The number of anilines is 2. The maximum Gasteiger partial charge on any atom is 0.264 e. The van der Waals surface area contributed by atoms with Crippen LogP contribution in [0.2, 0.25) is 0 Å². The summed E-state index contributed by atoms with van der Waals surface area (Å²) in [4.78, 5) is 15.3. The zero-order valence-electron chi connectivity index (χ0n) is 19.2. The molecule has 0 atom stereocenters. The Morgan fingerprint density at radius 3 is 2.26 bits per heavy atom. The molecule has 0 aliphatic carbocycles. The molecule has 178 valence electrons. The summed E-state index contributed by atoms with van der Waals surface area (Å²) < 4.78 is 7.21. The first-order valence-corrected chi connectivity index (χ1v) is 11.7. The number of para-hydroxylation sites is 1. The average molecular weight is 470 g/mol. The number of aromatic hydroxyl groups is 2. The Bertz CT molecular complexity index is 1310. The highest BCUT2D eigenvalue weighted by atomic mass is 16.5. The summed E-state index contributed by atoms with van der Waals surface area (Å²) in [5.74, 6) is -0.0426. The first kappa shape index (κ1) is 22.4. The van der Waals surface area contributed by atoms with E-state index < -0.39 is 5.91 Å². The lowest BCUT2D eigenvalue weighted by atomic mass is 10.1. The number of aromatic nitrogens is 1. The summed E-state index contributed by atoms with van der Waals surface area (Å²) in [6.07, 6.45) is 4.96. The van der Waals surface area contributed by atoms with Crippen molar-refractivity contribution in [1.82, 2.24) is 4.57 Å². The molecule has 0 radical (unpaired) electrons. The van der Waals surface area contributed by atoms with Crippen molar-refractivity contribution >= 4 is 17.3 Å². The number of piperidine rings is 1. The molecule has 1 amide bonds. The van der Waals surface area contributed by atoms with Crippen LogP contribution >= 0.6 is 0 Å². The number of hydrogen-bond donors (Lipinski definition) is 3. The number of carbonyl (C=O) groups is 1. The van der Waals surface area contributed by atoms with Gasteiger partial charge in [0, 0.05) is 30.5 Å². The highest BCUT2D eigenvalue weighted by Crippen LogP contribution is 2.34. The van der Waals surface area contributed by atoms with Gasteiger partial charge in [0.25, 0.3) is 5.91 Å². The molecule has 5 rings (SSSR count). The SMILES string of the molecule is O=C(Nc1ccc(N2CCCCC2)cc1)c1c(O)cn(-c2cccc(Oc3ccccc3)c2)c1O. The Hall–Kier alpha value is -4.39. The first-order valence-electron chi connectivity index (χ1n) is 11.7. The van der Waals surface area contributed by atoms with E-state index in [4.69, 9.17) is 4.74 Å². The molecule has 1 fully saturated rings. The summed E-state index contributed by atoms with van der Waals surface area (Å²) in [5, 5.41) is 24.0. The fourth-order valence-electron chi connectivity index (χ4n) is 4.32. The number of hydrogen-bond acceptors (Lipinski definition) is 5. The summed E-state index contributed by atoms with van der Waals surface area (Å²) >= 11 is 0. The minimum atomic E-state index is -0.596. The number of nitrogens with zero attached hydrogens (tertiary/aromatic N) is 2. The second kappa shape index (κ2) is 9.85. The van der Waals surface area contributed by atoms with Crippen molar-refractivity contribution in [2.24, 2.45) is 0 Å². The molecule has 3 N–H and O–H groups in total. The molecule has 3 aromatic carbocycles. The monoisotopic (exact) mass is 469 g/mol. The van der Waals surface area contributed by atoms with Crippen LogP contribution in [0.1, 0.15) is 29.6 Å². The predicted octanol–water partition coefficient (Wildman–Crippen LogP) is 5.92. The number of ether oxygens (including phenoxy) is 1. The smallest absolute Gasteiger partial charge is 0.264 e. The highest BCUT2D eigenvalue weighted by molar-refractivity contribution is 6.08. The summed E-state index contributed by atoms with van der Waals surface area (Å²) in [6.45, 7) is 2.08. The standard InChI is InChI=1S/C28H27N3O4/c32-25-19-31(22-8-7-11-24(18-22)35-23-9-3-1-4-10-23)28(34)26(25)27(33)29-20-12-14-21(15-13-20)30-16-5-2-6-17-30/h1,3-4,7-15,18-19,32,34H,2,5-6,16-17H2,(H,29,33). The lowest BCUT2D eigenvalue weighted by Crippen LogP contribution is -2.29. The van der Waals surface area contributed by atoms with Crippen LogP contribution in [0.5, 0.6) is 23.1 Å². The van der Waals surface area contributed by atoms with Gasteiger partial charge in [-0.2, -0.15) is 0 Å². The van der Waals surface area contributed by atoms with E-state index in [1.165, 1.54) is 30.0 Å². The molecule has 0 spiro atoms. The van der Waals surface area contributed by atoms with Gasteiger partial charge >= 0.3 is 0 Å². The molecule has 35 heavy (non-hydrogen) atoms. The zero-order valence-corrected chi connectivity index (χ0v) is 19.2. The Labute approximate surface area is 203 Å². The molecule has 7 heteroatoms. The van der Waals surface area contributed by atoms with E-state index in [0.717, 1.165) is 18.8 Å². The summed E-state index contributed by atoms with van der Waals surface area (Å²) in [6, 6.07) is 24.0. The van der Waals surface area contributed by atoms with Gasteiger partial charge in [0.05, 0.1) is 11.9 Å². The van der Waals surface area contributed by atoms with Crippen molar-refractivity contribution in [3.05, 3.63) is 90.6 Å². The van der Waals surface area contributed by atoms with Gasteiger partial charge in [-0.05, 0) is 67.8 Å². The van der Waals surface area contributed by atoms with Crippen LogP contribution in [0.3, 0.4) is 0 Å². The van der Waals surface area contributed by atoms with Crippen molar-refractivity contribution in [3.63, 3.8) is 0 Å². The maximum absolute atomic E-state index is 12.9. The molecule has 0 saturated carbocycles. The fraction of sp³-hybridized carbons (Fsp3) is 0.179. The van der Waals surface area contributed by atoms with Gasteiger partial charge in [-0.15, -0.1) is 0 Å². The third kappa shape index (κ3) is 4.94. The van der Waals surface area contributed by atoms with Crippen LogP contribution in [-0.2, 0) is 0 Å². The molecule has 0 unspecified atom stereocenters. The largest absolute Gasteiger partial charge is 0.505 e. The summed E-state index contributed by atoms with van der Waals surface area (Å²) in [7, 11) is 0. The molecule has 1 saturated heterocycles. The van der Waals surface area contributed by atoms with Gasteiger partial charge in [-0.3, -0.25) is 9.36 Å². The number of nitrogens with one attached hydrogen (secondary N) is 1. The van der Waals surface area contributed by atoms with E-state index >= 15 is 0 Å². The normalized spacial score (nSPS) is 13.4. The van der Waals surface area contributed by atoms with E-state index in [1.54, 1.807) is 24.3 Å². The number of rotatable bonds is 6. The van der Waals surface area contributed by atoms with Gasteiger partial charge in [0.15, 0.2) is 0 Å². The van der Waals surface area contributed by atoms with Crippen molar-refractivity contribution in [2.45, 2.75) is 19.3 Å². The fourth-order valence-corrected chi connectivity index (χ4v) is 4.32. The topological polar surface area (TPSA) is 87.0 Å². The quantitative estimate of drug-likeness (QED) is 0.326. The van der Waals surface area contributed by atoms with Gasteiger partial charge in [-0.1, -0.05) is 24.3 Å². The molecule has 4 aromatic rings. The second-order valence-electron chi connectivity index (χ2n) is 8.54. The third-order valence-electron chi connectivity index (χ3n) is 6.11. The molecular formula is C28H27N3O4. The van der Waals surface area contributed by atoms with E-state index in [-0.39, 0.29) is 17.2 Å². The van der Waals surface area contributed by atoms with Gasteiger partial charge in [0.2, 0.25) is 5.88 Å². The molecule has 7 nitrogen and oxygen atoms in total. The van der Waals surface area contributed by atoms with Crippen LogP contribution in [0.25, 0.3) is 5.69 Å². The highest BCUT2D eigenvalue weighted by Gasteiger charge is 2.23. The third-order valence-corrected chi connectivity index (χ3v) is 6.11. The number of carbonyl (C=O) groups excluding carboxylic acids is 1. The number of amides is 1. The van der Waals surface area contributed by atoms with Gasteiger partial charge in [-0.25, -0.2) is 0 Å². The Morgan fingerprint density at radius 1 is 0.800 bits per heavy atom. The second-order valence-corrected chi connectivity index (χ2v) is 8.54. The Morgan fingerprint density at radius 2 is 1.51 bits per heavy atom. The van der Waals surface area contributed by atoms with Crippen LogP contribution in [0.4, 0.5) is 11.4 Å². The van der Waals surface area contributed by atoms with Crippen LogP contribution in [0, 0.1) is 0 Å². The average Bonchev–Trinajstić information content (AvgIpc) is 3.19. The predicted molar refractivity (Wildman–Crippen MR) is 136 cm³/mol. The zero-order chi connectivity index (χ0) is 24.2. The Balaban J connectivity index is 1.33. The van der Waals surface area contributed by atoms with E-state index in [0.29, 0.717) is 22.9 Å². The van der Waals surface area contributed by atoms with Gasteiger partial charge in [0.1, 0.15) is 22.8 Å². The molecular weight excluding hydrogens is 442 g/mol. The van der Waals surface area contributed by atoms with Crippen LogP contribution in [-0.4, -0.2) is 33.8 Å². The van der Waals surface area contributed by atoms with Crippen molar-refractivity contribution < 1.29 is 19.7 Å². The molecule has 1 aromatic heterocycles. The van der Waals surface area contributed by atoms with Gasteiger partial charge < -0.3 is 25.2 Å². The van der Waals surface area contributed by atoms with E-state index in [1.807, 2.05) is 54.6 Å². The van der Waals surface area contributed by atoms with Crippen molar-refractivity contribution in [1.29, 1.82) is 0 Å². The van der Waals surface area contributed by atoms with E-state index in [9.17, 15) is 15.0 Å². The lowest BCUT2D eigenvalue weighted by molar-refractivity contribution is 0.102. The lowest BCUT2D eigenvalue weighted by Gasteiger charge is -2.28. The van der Waals surface area contributed by atoms with E-state index in [2.05, 4.69) is 10.2 Å². The molecule has 1 aliphatic heterocycles. The minimum absolute atomic E-state index is 0.195. The minimum Gasteiger partial charge on any atom is -0.505 e. The van der Waals surface area contributed by atoms with Crippen LogP contribution in [0.15, 0.2) is 85.1 Å². The van der Waals surface area contributed by atoms with Crippen LogP contribution < -0.4 is 15.0 Å². The first-order chi connectivity index (χ1) is 17.1. The van der Waals surface area contributed by atoms with Crippen molar-refractivity contribution in [2.75, 3.05) is 23.3 Å². The van der Waals surface area contributed by atoms with Crippen molar-refractivity contribution in [3.8, 4) is 28.8 Å².